The van der Waals surface area contributed by atoms with Gasteiger partial charge in [0.25, 0.3) is 5.91 Å². The quantitative estimate of drug-likeness (QED) is 0.313. The average Bonchev–Trinajstić information content (AvgIpc) is 3.58. The number of aromatic nitrogens is 2. The number of benzene rings is 2. The minimum absolute atomic E-state index is 0.123. The molecule has 2 fully saturated rings. The van der Waals surface area contributed by atoms with E-state index >= 15 is 0 Å². The van der Waals surface area contributed by atoms with Gasteiger partial charge in [0.1, 0.15) is 23.7 Å². The summed E-state index contributed by atoms with van der Waals surface area (Å²) in [6.45, 7) is 3.82. The van der Waals surface area contributed by atoms with Gasteiger partial charge in [-0.1, -0.05) is 6.58 Å². The van der Waals surface area contributed by atoms with Gasteiger partial charge in [0, 0.05) is 18.1 Å². The van der Waals surface area contributed by atoms with Crippen LogP contribution in [0.1, 0.15) is 42.0 Å². The van der Waals surface area contributed by atoms with Crippen LogP contribution in [0, 0.1) is 5.82 Å². The molecule has 1 saturated carbocycles. The molecule has 1 amide bonds. The predicted molar refractivity (Wildman–Crippen MR) is 134 cm³/mol. The Kier molecular flexibility index (Phi) is 5.75. The van der Waals surface area contributed by atoms with E-state index < -0.39 is 23.6 Å². The van der Waals surface area contributed by atoms with Crippen molar-refractivity contribution >= 4 is 28.9 Å². The van der Waals surface area contributed by atoms with Crippen LogP contribution in [0.2, 0.25) is 0 Å². The van der Waals surface area contributed by atoms with Crippen molar-refractivity contribution in [3.05, 3.63) is 77.9 Å². The third-order valence-electron chi connectivity index (χ3n) is 7.28. The van der Waals surface area contributed by atoms with Gasteiger partial charge in [0.15, 0.2) is 5.82 Å². The molecule has 1 aliphatic carbocycles. The minimum atomic E-state index is -4.69. The first-order valence-electron chi connectivity index (χ1n) is 12.2. The minimum Gasteiger partial charge on any atom is -0.495 e. The lowest BCUT2D eigenvalue weighted by Crippen LogP contribution is -2.48. The van der Waals surface area contributed by atoms with Crippen LogP contribution in [0.5, 0.6) is 5.75 Å². The Morgan fingerprint density at radius 3 is 2.69 bits per heavy atom. The number of hydrogen-bond donors (Lipinski definition) is 1. The van der Waals surface area contributed by atoms with Crippen molar-refractivity contribution in [2.24, 2.45) is 0 Å². The summed E-state index contributed by atoms with van der Waals surface area (Å²) in [5.41, 5.74) is 1.10. The van der Waals surface area contributed by atoms with Gasteiger partial charge in [-0.3, -0.25) is 14.5 Å². The van der Waals surface area contributed by atoms with Crippen molar-refractivity contribution in [3.63, 3.8) is 0 Å². The molecule has 1 unspecified atom stereocenters. The molecule has 6 rings (SSSR count). The van der Waals surface area contributed by atoms with Gasteiger partial charge in [0.2, 0.25) is 0 Å². The summed E-state index contributed by atoms with van der Waals surface area (Å²) in [6.07, 6.45) is -0.0341. The molecular weight excluding hydrogens is 518 g/mol. The molecule has 0 bridgehead atoms. The number of anilines is 4. The first-order chi connectivity index (χ1) is 18.6. The zero-order valence-corrected chi connectivity index (χ0v) is 20.8. The number of hydroxylamine groups is 1. The number of fused-ring (bicyclic) bond motifs is 2. The van der Waals surface area contributed by atoms with Gasteiger partial charge in [-0.25, -0.2) is 19.4 Å². The van der Waals surface area contributed by atoms with E-state index in [1.807, 2.05) is 12.1 Å². The average molecular weight is 542 g/mol. The van der Waals surface area contributed by atoms with E-state index in [1.54, 1.807) is 18.1 Å². The van der Waals surface area contributed by atoms with E-state index in [9.17, 15) is 22.4 Å². The number of ether oxygens (including phenoxy) is 1. The van der Waals surface area contributed by atoms with Crippen molar-refractivity contribution in [3.8, 4) is 5.75 Å². The van der Waals surface area contributed by atoms with Gasteiger partial charge < -0.3 is 10.1 Å². The zero-order valence-electron chi connectivity index (χ0n) is 20.8. The summed E-state index contributed by atoms with van der Waals surface area (Å²) in [6, 6.07) is 7.04. The summed E-state index contributed by atoms with van der Waals surface area (Å²) >= 11 is 0. The fraction of sp³-hybridized carbons (Fsp3) is 0.296. The van der Waals surface area contributed by atoms with E-state index in [-0.39, 0.29) is 29.4 Å². The van der Waals surface area contributed by atoms with Gasteiger partial charge >= 0.3 is 6.18 Å². The molecule has 2 aromatic carbocycles. The van der Waals surface area contributed by atoms with Crippen LogP contribution in [0.3, 0.4) is 0 Å². The molecule has 3 aliphatic rings. The second-order valence-corrected chi connectivity index (χ2v) is 9.60. The van der Waals surface area contributed by atoms with E-state index in [2.05, 4.69) is 21.9 Å². The van der Waals surface area contributed by atoms with E-state index in [1.165, 1.54) is 17.5 Å². The van der Waals surface area contributed by atoms with Crippen LogP contribution in [-0.4, -0.2) is 29.6 Å². The predicted octanol–water partition coefficient (Wildman–Crippen LogP) is 5.79. The van der Waals surface area contributed by atoms with Gasteiger partial charge in [0.05, 0.1) is 42.2 Å². The molecule has 2 aliphatic heterocycles. The maximum Gasteiger partial charge on any atom is 0.416 e. The Morgan fingerprint density at radius 2 is 2.00 bits per heavy atom. The molecule has 202 valence electrons. The number of methoxy groups -OCH3 is 1. The smallest absolute Gasteiger partial charge is 0.416 e. The molecule has 1 spiro atoms. The Bertz CT molecular complexity index is 1490. The fourth-order valence-electron chi connectivity index (χ4n) is 5.36. The molecule has 0 radical (unpaired) electrons. The molecule has 3 heterocycles. The second-order valence-electron chi connectivity index (χ2n) is 9.60. The van der Waals surface area contributed by atoms with Gasteiger partial charge in [-0.05, 0) is 54.8 Å². The Labute approximate surface area is 220 Å². The van der Waals surface area contributed by atoms with Gasteiger partial charge in [-0.2, -0.15) is 13.2 Å². The number of alkyl halides is 3. The summed E-state index contributed by atoms with van der Waals surface area (Å²) in [4.78, 5) is 28.4. The van der Waals surface area contributed by atoms with Crippen LogP contribution >= 0.6 is 0 Å². The van der Waals surface area contributed by atoms with E-state index in [0.717, 1.165) is 36.2 Å². The third kappa shape index (κ3) is 4.15. The highest BCUT2D eigenvalue weighted by Crippen LogP contribution is 2.64. The molecule has 8 nitrogen and oxygen atoms in total. The lowest BCUT2D eigenvalue weighted by molar-refractivity contribution is -0.137. The highest BCUT2D eigenvalue weighted by molar-refractivity contribution is 6.08. The number of nitrogens with one attached hydrogen (secondary N) is 1. The number of carbonyl (C=O) groups excluding carboxylic acids is 1. The van der Waals surface area contributed by atoms with Crippen LogP contribution in [0.4, 0.5) is 40.6 Å². The normalized spacial score (nSPS) is 18.9. The van der Waals surface area contributed by atoms with Crippen molar-refractivity contribution in [1.82, 2.24) is 9.97 Å². The monoisotopic (exact) mass is 541 g/mol. The maximum absolute atomic E-state index is 14.1. The number of carbonyl (C=O) groups is 1. The number of rotatable bonds is 6. The van der Waals surface area contributed by atoms with Crippen molar-refractivity contribution in [2.75, 3.05) is 29.0 Å². The molecule has 1 aromatic heterocycles. The van der Waals surface area contributed by atoms with Crippen LogP contribution in [0.25, 0.3) is 0 Å². The van der Waals surface area contributed by atoms with Crippen LogP contribution < -0.4 is 20.0 Å². The van der Waals surface area contributed by atoms with Crippen molar-refractivity contribution < 1.29 is 31.9 Å². The second kappa shape index (κ2) is 8.94. The fourth-order valence-corrected chi connectivity index (χ4v) is 5.36. The molecule has 12 heteroatoms. The maximum atomic E-state index is 14.1. The first kappa shape index (κ1) is 25.1. The summed E-state index contributed by atoms with van der Waals surface area (Å²) in [5, 5.41) is 4.54. The molecule has 3 aromatic rings. The van der Waals surface area contributed by atoms with Crippen LogP contribution in [0.15, 0.2) is 55.4 Å². The summed E-state index contributed by atoms with van der Waals surface area (Å²) in [7, 11) is 1.54. The summed E-state index contributed by atoms with van der Waals surface area (Å²) < 4.78 is 59.6. The Morgan fingerprint density at radius 1 is 1.21 bits per heavy atom. The zero-order chi connectivity index (χ0) is 27.5. The van der Waals surface area contributed by atoms with Gasteiger partial charge in [-0.15, -0.1) is 0 Å². The molecule has 1 atom stereocenters. The number of nitrogens with zero attached hydrogens (tertiary/aromatic N) is 4. The highest BCUT2D eigenvalue weighted by Gasteiger charge is 2.60. The molecule has 1 saturated heterocycles. The highest BCUT2D eigenvalue weighted by atomic mass is 19.4. The summed E-state index contributed by atoms with van der Waals surface area (Å²) in [5.74, 6) is 0.0201. The largest absolute Gasteiger partial charge is 0.495 e. The number of amides is 1. The number of hydrogen-bond acceptors (Lipinski definition) is 7. The molecule has 1 N–H and O–H groups in total. The topological polar surface area (TPSA) is 79.8 Å². The lowest BCUT2D eigenvalue weighted by atomic mass is 9.89. The number of halogens is 4. The van der Waals surface area contributed by atoms with Crippen LogP contribution in [-0.2, 0) is 21.3 Å². The van der Waals surface area contributed by atoms with Crippen molar-refractivity contribution in [1.29, 1.82) is 0 Å². The van der Waals surface area contributed by atoms with E-state index in [0.29, 0.717) is 29.7 Å². The molecule has 39 heavy (non-hydrogen) atoms. The lowest BCUT2D eigenvalue weighted by Gasteiger charge is -2.44. The first-order valence-corrected chi connectivity index (χ1v) is 12.2. The SMILES string of the molecule is C=CC(=O)N1c2cc(Nc3cc(N4OCCC4c4cc(F)cc(C(F)(F)F)c4)ncn3)c(OC)cc2C12CC2. The Balaban J connectivity index is 1.29. The van der Waals surface area contributed by atoms with E-state index in [4.69, 9.17) is 9.57 Å². The molecular formula is C27H23F4N5O3. The standard InChI is InChI=1S/C27H23F4N5O3/c1-3-25(37)35-21-12-19(22(38-2)11-18(21)26(35)5-6-26)34-23-13-24(33-14-32-23)36-20(4-7-39-36)15-8-16(27(29,30)31)10-17(28)9-15/h3,8-14,20H,1,4-7H2,2H3,(H,32,33,34). The van der Waals surface area contributed by atoms with Crippen molar-refractivity contribution in [2.45, 2.75) is 37.0 Å². The third-order valence-corrected chi connectivity index (χ3v) is 7.28. The Hall–Kier alpha value is -4.19.